The van der Waals surface area contributed by atoms with Gasteiger partial charge in [-0.3, -0.25) is 4.79 Å². The molecule has 0 radical (unpaired) electrons. The number of fused-ring (bicyclic) bond motifs is 4. The van der Waals surface area contributed by atoms with Crippen molar-refractivity contribution in [3.05, 3.63) is 74.5 Å². The summed E-state index contributed by atoms with van der Waals surface area (Å²) >= 11 is 13.2. The molecule has 2 bridgehead atoms. The molecular formula is C42H43Cl2FN8O. The van der Waals surface area contributed by atoms with Gasteiger partial charge < -0.3 is 14.8 Å². The van der Waals surface area contributed by atoms with Crippen LogP contribution in [-0.4, -0.2) is 54.5 Å². The Morgan fingerprint density at radius 2 is 1.89 bits per heavy atom. The monoisotopic (exact) mass is 764 g/mol. The molecule has 9 nitrogen and oxygen atoms in total. The lowest BCUT2D eigenvalue weighted by Crippen LogP contribution is -2.41. The van der Waals surface area contributed by atoms with Gasteiger partial charge in [-0.15, -0.1) is 5.10 Å². The maximum Gasteiger partial charge on any atom is 0.226 e. The van der Waals surface area contributed by atoms with Crippen molar-refractivity contribution >= 4 is 50.9 Å². The maximum absolute atomic E-state index is 17.3. The van der Waals surface area contributed by atoms with Gasteiger partial charge in [-0.2, -0.15) is 5.26 Å². The summed E-state index contributed by atoms with van der Waals surface area (Å²) in [5, 5.41) is 25.0. The standard InChI is InChI=1S/C42H43Cl2FN8O/c1-21-29-18-34(33-17-27(20-51(33)42(54)24-12-13-24)53-39(22(2)49-50-53)23-7-3-4-8-23)52(40-26-16-32(40)47-19-26)41(29)30-15-25(9-6-14-46)35(37(45)38(30)48-21)28-10-5-11-31(43)36(28)44/h5,10-11,15,18,23-24,26-27,32-33,40,47H,3-4,6-9,12-13,16-17,19-20H2,1-2H3/t26-,27+,32-,33-,40+/m1/s1. The Morgan fingerprint density at radius 1 is 1.07 bits per heavy atom. The van der Waals surface area contributed by atoms with E-state index in [4.69, 9.17) is 33.4 Å². The SMILES string of the molecule is Cc1nnn([C@H]2C[C@H](c3cc4c(C)nc5c(F)c(-c6cccc(Cl)c6Cl)c(CCC#N)cc5c4n3[C@H]3[C@H]4CN[C@@H]3C4)N(C(=O)C3CC3)C2)c1C1CCCC1. The fourth-order valence-corrected chi connectivity index (χ4v) is 10.9. The van der Waals surface area contributed by atoms with Crippen LogP contribution in [0.2, 0.25) is 10.0 Å². The first-order valence-electron chi connectivity index (χ1n) is 19.7. The first kappa shape index (κ1) is 34.5. The van der Waals surface area contributed by atoms with Gasteiger partial charge in [-0.1, -0.05) is 53.4 Å². The van der Waals surface area contributed by atoms with E-state index in [1.807, 2.05) is 13.0 Å². The van der Waals surface area contributed by atoms with Crippen molar-refractivity contribution in [3.63, 3.8) is 0 Å². The normalized spacial score (nSPS) is 25.3. The zero-order valence-electron chi connectivity index (χ0n) is 30.6. The van der Waals surface area contributed by atoms with Crippen molar-refractivity contribution in [3.8, 4) is 17.2 Å². The molecule has 12 heteroatoms. The number of amides is 1. The topological polar surface area (TPSA) is 105 Å². The molecule has 6 heterocycles. The molecule has 1 amide bonds. The minimum atomic E-state index is -0.467. The minimum absolute atomic E-state index is 0.00759. The number of likely N-dealkylation sites (tertiary alicyclic amines) is 1. The van der Waals surface area contributed by atoms with Crippen molar-refractivity contribution in [1.82, 2.24) is 34.8 Å². The van der Waals surface area contributed by atoms with E-state index in [-0.39, 0.29) is 53.0 Å². The Bertz CT molecular complexity index is 2390. The summed E-state index contributed by atoms with van der Waals surface area (Å²) in [6.07, 6.45) is 8.99. The van der Waals surface area contributed by atoms with Crippen LogP contribution in [0.15, 0.2) is 30.3 Å². The lowest BCUT2D eigenvalue weighted by molar-refractivity contribution is -0.133. The Morgan fingerprint density at radius 3 is 2.61 bits per heavy atom. The molecule has 3 aromatic heterocycles. The van der Waals surface area contributed by atoms with Crippen molar-refractivity contribution in [2.75, 3.05) is 13.1 Å². The van der Waals surface area contributed by atoms with E-state index in [0.29, 0.717) is 51.9 Å². The van der Waals surface area contributed by atoms with Crippen molar-refractivity contribution < 1.29 is 9.18 Å². The van der Waals surface area contributed by atoms with Gasteiger partial charge in [-0.25, -0.2) is 14.1 Å². The molecule has 0 spiro atoms. The second-order valence-electron chi connectivity index (χ2n) is 16.4. The molecule has 5 aromatic rings. The van der Waals surface area contributed by atoms with Gasteiger partial charge in [0.25, 0.3) is 0 Å². The van der Waals surface area contributed by atoms with Crippen molar-refractivity contribution in [2.24, 2.45) is 11.8 Å². The van der Waals surface area contributed by atoms with Gasteiger partial charge in [0.2, 0.25) is 5.91 Å². The second-order valence-corrected chi connectivity index (χ2v) is 17.2. The summed E-state index contributed by atoms with van der Waals surface area (Å²) in [6, 6.07) is 12.0. The molecule has 6 aliphatic rings. The fourth-order valence-electron chi connectivity index (χ4n) is 10.5. The fraction of sp³-hybridized carbons (Fsp3) is 0.500. The van der Waals surface area contributed by atoms with E-state index in [1.165, 1.54) is 18.5 Å². The number of hydrogen-bond donors (Lipinski definition) is 1. The molecule has 3 aliphatic carbocycles. The predicted molar refractivity (Wildman–Crippen MR) is 207 cm³/mol. The number of nitrogens with one attached hydrogen (secondary N) is 1. The summed E-state index contributed by atoms with van der Waals surface area (Å²) in [7, 11) is 0. The molecule has 6 fully saturated rings. The zero-order valence-corrected chi connectivity index (χ0v) is 32.1. The van der Waals surface area contributed by atoms with E-state index < -0.39 is 5.82 Å². The third-order valence-corrected chi connectivity index (χ3v) is 14.1. The van der Waals surface area contributed by atoms with Gasteiger partial charge in [0.15, 0.2) is 5.82 Å². The summed E-state index contributed by atoms with van der Waals surface area (Å²) in [5.41, 5.74) is 6.78. The number of rotatable bonds is 8. The van der Waals surface area contributed by atoms with Crippen LogP contribution >= 0.6 is 23.2 Å². The second kappa shape index (κ2) is 13.0. The van der Waals surface area contributed by atoms with Crippen molar-refractivity contribution in [1.29, 1.82) is 5.26 Å². The van der Waals surface area contributed by atoms with Gasteiger partial charge in [0, 0.05) is 70.7 Å². The Labute approximate surface area is 323 Å². The molecule has 0 unspecified atom stereocenters. The summed E-state index contributed by atoms with van der Waals surface area (Å²) < 4.78 is 21.9. The maximum atomic E-state index is 17.3. The molecule has 54 heavy (non-hydrogen) atoms. The summed E-state index contributed by atoms with van der Waals surface area (Å²) in [4.78, 5) is 21.4. The van der Waals surface area contributed by atoms with Crippen LogP contribution in [0.25, 0.3) is 32.9 Å². The number of nitriles is 1. The van der Waals surface area contributed by atoms with Gasteiger partial charge in [0.05, 0.1) is 51.1 Å². The Kier molecular flexibility index (Phi) is 8.31. The predicted octanol–water partition coefficient (Wildman–Crippen LogP) is 9.08. The van der Waals surface area contributed by atoms with Gasteiger partial charge in [-0.05, 0) is 88.5 Å². The molecule has 1 N–H and O–H groups in total. The third kappa shape index (κ3) is 5.25. The smallest absolute Gasteiger partial charge is 0.226 e. The number of aromatic nitrogens is 5. The van der Waals surface area contributed by atoms with Crippen LogP contribution in [0.4, 0.5) is 4.39 Å². The highest BCUT2D eigenvalue weighted by Crippen LogP contribution is 2.52. The van der Waals surface area contributed by atoms with Crippen LogP contribution < -0.4 is 5.32 Å². The molecule has 2 aromatic carbocycles. The highest BCUT2D eigenvalue weighted by atomic mass is 35.5. The number of halogens is 3. The zero-order chi connectivity index (χ0) is 37.0. The molecule has 3 saturated carbocycles. The third-order valence-electron chi connectivity index (χ3n) is 13.3. The number of hydrogen-bond acceptors (Lipinski definition) is 6. The lowest BCUT2D eigenvalue weighted by Gasteiger charge is -2.39. The molecule has 3 saturated heterocycles. The van der Waals surface area contributed by atoms with E-state index in [2.05, 4.69) is 43.6 Å². The van der Waals surface area contributed by atoms with Crippen LogP contribution in [0.3, 0.4) is 0 Å². The van der Waals surface area contributed by atoms with Crippen LogP contribution in [0, 0.1) is 42.8 Å². The number of carbonyl (C=O) groups excluding carboxylic acids is 1. The van der Waals surface area contributed by atoms with E-state index in [0.717, 1.165) is 73.1 Å². The number of nitrogens with zero attached hydrogens (tertiary/aromatic N) is 7. The first-order valence-corrected chi connectivity index (χ1v) is 20.4. The molecule has 11 rings (SSSR count). The van der Waals surface area contributed by atoms with Crippen molar-refractivity contribution in [2.45, 2.75) is 108 Å². The highest BCUT2D eigenvalue weighted by Gasteiger charge is 2.51. The Balaban J connectivity index is 1.19. The van der Waals surface area contributed by atoms with E-state index >= 15 is 4.39 Å². The van der Waals surface area contributed by atoms with Gasteiger partial charge in [0.1, 0.15) is 5.52 Å². The summed E-state index contributed by atoms with van der Waals surface area (Å²) in [6.45, 7) is 5.55. The van der Waals surface area contributed by atoms with E-state index in [9.17, 15) is 10.1 Å². The minimum Gasteiger partial charge on any atom is -0.337 e. The first-order chi connectivity index (χ1) is 26.2. The average molecular weight is 766 g/mol. The number of aryl methyl sites for hydroxylation is 3. The molecule has 3 aliphatic heterocycles. The van der Waals surface area contributed by atoms with E-state index in [1.54, 1.807) is 18.2 Å². The van der Waals surface area contributed by atoms with Crippen LogP contribution in [0.5, 0.6) is 0 Å². The van der Waals surface area contributed by atoms with Crippen LogP contribution in [-0.2, 0) is 11.2 Å². The number of pyridine rings is 1. The highest BCUT2D eigenvalue weighted by molar-refractivity contribution is 6.43. The molecule has 5 atom stereocenters. The molecule has 278 valence electrons. The summed E-state index contributed by atoms with van der Waals surface area (Å²) in [5.74, 6) is 0.700. The van der Waals surface area contributed by atoms with Gasteiger partial charge >= 0.3 is 0 Å². The Hall–Kier alpha value is -4.04. The average Bonchev–Trinajstić information content (AvgIpc) is 3.80. The largest absolute Gasteiger partial charge is 0.337 e. The van der Waals surface area contributed by atoms with Crippen LogP contribution in [0.1, 0.15) is 110 Å². The lowest BCUT2D eigenvalue weighted by atomic mass is 9.79. The number of carbonyl (C=O) groups is 1. The quantitative estimate of drug-likeness (QED) is 0.169. The number of benzene rings is 2. The molecular weight excluding hydrogens is 722 g/mol.